The molecule has 1 aliphatic rings. The van der Waals surface area contributed by atoms with Gasteiger partial charge in [0.15, 0.2) is 5.82 Å². The summed E-state index contributed by atoms with van der Waals surface area (Å²) in [5.41, 5.74) is 1.25. The number of anilines is 1. The summed E-state index contributed by atoms with van der Waals surface area (Å²) in [5, 5.41) is 0.981. The highest BCUT2D eigenvalue weighted by Crippen LogP contribution is 2.28. The topological polar surface area (TPSA) is 38.2 Å². The quantitative estimate of drug-likeness (QED) is 0.728. The minimum absolute atomic E-state index is 0.310. The zero-order valence-corrected chi connectivity index (χ0v) is 12.6. The molecule has 0 atom stereocenters. The normalized spacial score (nSPS) is 15.1. The first-order chi connectivity index (χ1) is 11.3. The number of nitrogens with zero attached hydrogens (tertiary/aromatic N) is 3. The maximum Gasteiger partial charge on any atom is 0.165 e. The third-order valence-electron chi connectivity index (χ3n) is 4.01. The first-order valence-electron chi connectivity index (χ1n) is 7.67. The summed E-state index contributed by atoms with van der Waals surface area (Å²) in [7, 11) is 0. The summed E-state index contributed by atoms with van der Waals surface area (Å²) >= 11 is 0. The Kier molecular flexibility index (Phi) is 3.63. The molecule has 3 aromatic rings. The van der Waals surface area contributed by atoms with Gasteiger partial charge in [0.1, 0.15) is 11.6 Å². The summed E-state index contributed by atoms with van der Waals surface area (Å²) in [6.45, 7) is 2.90. The first-order valence-corrected chi connectivity index (χ1v) is 7.67. The van der Waals surface area contributed by atoms with Gasteiger partial charge in [0.05, 0.1) is 24.3 Å². The van der Waals surface area contributed by atoms with Crippen molar-refractivity contribution in [3.63, 3.8) is 0 Å². The number of fused-ring (bicyclic) bond motifs is 1. The zero-order chi connectivity index (χ0) is 15.6. The molecule has 116 valence electrons. The molecule has 0 amide bonds. The highest BCUT2D eigenvalue weighted by molar-refractivity contribution is 5.91. The lowest BCUT2D eigenvalue weighted by Gasteiger charge is -2.29. The van der Waals surface area contributed by atoms with Crippen LogP contribution >= 0.6 is 0 Å². The molecule has 0 aliphatic carbocycles. The fourth-order valence-electron chi connectivity index (χ4n) is 2.84. The van der Waals surface area contributed by atoms with E-state index in [1.54, 1.807) is 18.2 Å². The van der Waals surface area contributed by atoms with Gasteiger partial charge in [0, 0.05) is 18.5 Å². The van der Waals surface area contributed by atoms with Gasteiger partial charge in [-0.2, -0.15) is 0 Å². The Labute approximate surface area is 133 Å². The van der Waals surface area contributed by atoms with Crippen molar-refractivity contribution >= 4 is 16.7 Å². The van der Waals surface area contributed by atoms with Crippen LogP contribution in [-0.4, -0.2) is 36.3 Å². The van der Waals surface area contributed by atoms with E-state index in [1.165, 1.54) is 6.07 Å². The van der Waals surface area contributed by atoms with Gasteiger partial charge in [-0.15, -0.1) is 0 Å². The minimum atomic E-state index is -0.310. The summed E-state index contributed by atoms with van der Waals surface area (Å²) in [4.78, 5) is 11.4. The van der Waals surface area contributed by atoms with E-state index in [9.17, 15) is 4.39 Å². The van der Waals surface area contributed by atoms with Crippen LogP contribution in [0, 0.1) is 5.82 Å². The lowest BCUT2D eigenvalue weighted by molar-refractivity contribution is 0.122. The van der Waals surface area contributed by atoms with Gasteiger partial charge >= 0.3 is 0 Å². The molecule has 0 N–H and O–H groups in total. The summed E-state index contributed by atoms with van der Waals surface area (Å²) in [5.74, 6) is 0.955. The predicted molar refractivity (Wildman–Crippen MR) is 88.0 cm³/mol. The molecule has 0 saturated carbocycles. The molecule has 2 aromatic carbocycles. The second kappa shape index (κ2) is 5.93. The Morgan fingerprint density at radius 1 is 0.913 bits per heavy atom. The van der Waals surface area contributed by atoms with Gasteiger partial charge in [0.25, 0.3) is 0 Å². The standard InChI is InChI=1S/C18H16FN3O/c19-15-7-3-1-5-13(15)17-20-16-8-4-2-6-14(16)18(21-17)22-9-11-23-12-10-22/h1-8H,9-12H2. The van der Waals surface area contributed by atoms with E-state index < -0.39 is 0 Å². The zero-order valence-electron chi connectivity index (χ0n) is 12.6. The van der Waals surface area contributed by atoms with Gasteiger partial charge < -0.3 is 9.64 Å². The van der Waals surface area contributed by atoms with Crippen molar-refractivity contribution in [3.05, 3.63) is 54.3 Å². The molecule has 2 heterocycles. The molecule has 1 saturated heterocycles. The van der Waals surface area contributed by atoms with Crippen molar-refractivity contribution < 1.29 is 9.13 Å². The Morgan fingerprint density at radius 2 is 1.65 bits per heavy atom. The molecule has 4 rings (SSSR count). The SMILES string of the molecule is Fc1ccccc1-c1nc(N2CCOCC2)c2ccccc2n1. The Bertz CT molecular complexity index is 847. The van der Waals surface area contributed by atoms with Gasteiger partial charge in [-0.3, -0.25) is 0 Å². The number of benzene rings is 2. The van der Waals surface area contributed by atoms with Crippen LogP contribution in [0.2, 0.25) is 0 Å². The molecule has 23 heavy (non-hydrogen) atoms. The summed E-state index contributed by atoms with van der Waals surface area (Å²) < 4.78 is 19.6. The van der Waals surface area contributed by atoms with E-state index >= 15 is 0 Å². The molecule has 1 aromatic heterocycles. The van der Waals surface area contributed by atoms with Crippen LogP contribution in [0.15, 0.2) is 48.5 Å². The molecule has 4 nitrogen and oxygen atoms in total. The van der Waals surface area contributed by atoms with Crippen LogP contribution in [-0.2, 0) is 4.74 Å². The molecule has 5 heteroatoms. The first kappa shape index (κ1) is 14.1. The molecule has 0 bridgehead atoms. The number of halogens is 1. The number of hydrogen-bond acceptors (Lipinski definition) is 4. The molecule has 1 aliphatic heterocycles. The third kappa shape index (κ3) is 2.64. The smallest absolute Gasteiger partial charge is 0.165 e. The number of rotatable bonds is 2. The van der Waals surface area contributed by atoms with E-state index in [0.717, 1.165) is 29.8 Å². The van der Waals surface area contributed by atoms with Crippen LogP contribution in [0.25, 0.3) is 22.3 Å². The summed E-state index contributed by atoms with van der Waals surface area (Å²) in [6, 6.07) is 14.5. The maximum absolute atomic E-state index is 14.1. The molecule has 0 spiro atoms. The van der Waals surface area contributed by atoms with Gasteiger partial charge in [-0.25, -0.2) is 14.4 Å². The van der Waals surface area contributed by atoms with E-state index in [4.69, 9.17) is 4.74 Å². The van der Waals surface area contributed by atoms with E-state index in [-0.39, 0.29) is 5.82 Å². The highest BCUT2D eigenvalue weighted by Gasteiger charge is 2.18. The second-order valence-corrected chi connectivity index (χ2v) is 5.47. The number of hydrogen-bond donors (Lipinski definition) is 0. The van der Waals surface area contributed by atoms with Crippen molar-refractivity contribution in [2.24, 2.45) is 0 Å². The second-order valence-electron chi connectivity index (χ2n) is 5.47. The third-order valence-corrected chi connectivity index (χ3v) is 4.01. The maximum atomic E-state index is 14.1. The fourth-order valence-corrected chi connectivity index (χ4v) is 2.84. The monoisotopic (exact) mass is 309 g/mol. The summed E-state index contributed by atoms with van der Waals surface area (Å²) in [6.07, 6.45) is 0. The molecule has 1 fully saturated rings. The Hall–Kier alpha value is -2.53. The Morgan fingerprint density at radius 3 is 2.48 bits per heavy atom. The van der Waals surface area contributed by atoms with Crippen molar-refractivity contribution in [2.75, 3.05) is 31.2 Å². The molecule has 0 radical (unpaired) electrons. The number of aromatic nitrogens is 2. The van der Waals surface area contributed by atoms with Crippen LogP contribution < -0.4 is 4.90 Å². The average Bonchev–Trinajstić information content (AvgIpc) is 2.62. The Balaban J connectivity index is 1.91. The van der Waals surface area contributed by atoms with Crippen molar-refractivity contribution in [1.82, 2.24) is 9.97 Å². The van der Waals surface area contributed by atoms with Gasteiger partial charge in [-0.05, 0) is 24.3 Å². The lowest BCUT2D eigenvalue weighted by atomic mass is 10.1. The van der Waals surface area contributed by atoms with Crippen molar-refractivity contribution in [2.45, 2.75) is 0 Å². The van der Waals surface area contributed by atoms with Crippen LogP contribution in [0.3, 0.4) is 0 Å². The van der Waals surface area contributed by atoms with Gasteiger partial charge in [0.2, 0.25) is 0 Å². The number of ether oxygens (including phenoxy) is 1. The molecular weight excluding hydrogens is 293 g/mol. The van der Waals surface area contributed by atoms with Crippen molar-refractivity contribution in [1.29, 1.82) is 0 Å². The highest BCUT2D eigenvalue weighted by atomic mass is 19.1. The van der Waals surface area contributed by atoms with Crippen LogP contribution in [0.5, 0.6) is 0 Å². The minimum Gasteiger partial charge on any atom is -0.378 e. The van der Waals surface area contributed by atoms with E-state index in [0.29, 0.717) is 24.6 Å². The largest absolute Gasteiger partial charge is 0.378 e. The molecular formula is C18H16FN3O. The lowest BCUT2D eigenvalue weighted by Crippen LogP contribution is -2.37. The number of morpholine rings is 1. The van der Waals surface area contributed by atoms with Gasteiger partial charge in [-0.1, -0.05) is 24.3 Å². The average molecular weight is 309 g/mol. The van der Waals surface area contributed by atoms with E-state index in [2.05, 4.69) is 14.9 Å². The van der Waals surface area contributed by atoms with Crippen LogP contribution in [0.4, 0.5) is 10.2 Å². The number of para-hydroxylation sites is 1. The van der Waals surface area contributed by atoms with Crippen molar-refractivity contribution in [3.8, 4) is 11.4 Å². The molecule has 0 unspecified atom stereocenters. The van der Waals surface area contributed by atoms with Crippen LogP contribution in [0.1, 0.15) is 0 Å². The van der Waals surface area contributed by atoms with E-state index in [1.807, 2.05) is 24.3 Å². The fraction of sp³-hybridized carbons (Fsp3) is 0.222. The predicted octanol–water partition coefficient (Wildman–Crippen LogP) is 3.27.